The Morgan fingerprint density at radius 2 is 1.80 bits per heavy atom. The first kappa shape index (κ1) is 7.25. The van der Waals surface area contributed by atoms with E-state index < -0.39 is 0 Å². The molecular weight excluding hydrogens is 124 g/mol. The van der Waals surface area contributed by atoms with Gasteiger partial charge in [0.25, 0.3) is 0 Å². The van der Waals surface area contributed by atoms with Crippen LogP contribution in [0.4, 0.5) is 0 Å². The van der Waals surface area contributed by atoms with Gasteiger partial charge < -0.3 is 11.5 Å². The van der Waals surface area contributed by atoms with E-state index in [1.807, 2.05) is 31.2 Å². The van der Waals surface area contributed by atoms with Gasteiger partial charge in [0, 0.05) is 0 Å². The number of aryl methyl sites for hydroxylation is 1. The number of rotatable bonds is 1. The van der Waals surface area contributed by atoms with Gasteiger partial charge in [-0.05, 0) is 18.1 Å². The number of hydrogen-bond donors (Lipinski definition) is 2. The molecule has 0 atom stereocenters. The third-order valence-electron chi connectivity index (χ3n) is 1.55. The standard InChI is InChI=1S/C8H12N2/c1-6-4-2-3-5-7(6)8(9)10/h2-5,8H,9-10H2,1H3. The van der Waals surface area contributed by atoms with E-state index in [0.717, 1.165) is 11.1 Å². The summed E-state index contributed by atoms with van der Waals surface area (Å²) in [4.78, 5) is 0. The molecule has 0 heterocycles. The molecule has 2 nitrogen and oxygen atoms in total. The fourth-order valence-electron chi connectivity index (χ4n) is 0.961. The molecule has 2 heteroatoms. The summed E-state index contributed by atoms with van der Waals surface area (Å²) < 4.78 is 0. The summed E-state index contributed by atoms with van der Waals surface area (Å²) in [5, 5.41) is 0. The van der Waals surface area contributed by atoms with E-state index in [1.54, 1.807) is 0 Å². The average Bonchev–Trinajstić information content (AvgIpc) is 1.88. The molecule has 0 fully saturated rings. The summed E-state index contributed by atoms with van der Waals surface area (Å²) in [6, 6.07) is 7.86. The summed E-state index contributed by atoms with van der Waals surface area (Å²) in [7, 11) is 0. The lowest BCUT2D eigenvalue weighted by Crippen LogP contribution is -2.20. The Balaban J connectivity index is 3.03. The third kappa shape index (κ3) is 1.35. The molecule has 1 aromatic rings. The molecule has 0 unspecified atom stereocenters. The second-order valence-corrected chi connectivity index (χ2v) is 2.38. The van der Waals surface area contributed by atoms with Gasteiger partial charge in [0.2, 0.25) is 0 Å². The zero-order chi connectivity index (χ0) is 7.56. The van der Waals surface area contributed by atoms with Crippen molar-refractivity contribution in [1.82, 2.24) is 0 Å². The lowest BCUT2D eigenvalue weighted by molar-refractivity contribution is 0.767. The molecule has 0 radical (unpaired) electrons. The van der Waals surface area contributed by atoms with Crippen LogP contribution in [0.25, 0.3) is 0 Å². The highest BCUT2D eigenvalue weighted by Gasteiger charge is 2.00. The van der Waals surface area contributed by atoms with Crippen LogP contribution < -0.4 is 11.5 Å². The van der Waals surface area contributed by atoms with Gasteiger partial charge in [-0.15, -0.1) is 0 Å². The van der Waals surface area contributed by atoms with Crippen LogP contribution in [-0.4, -0.2) is 0 Å². The average molecular weight is 136 g/mol. The van der Waals surface area contributed by atoms with Gasteiger partial charge in [-0.3, -0.25) is 0 Å². The van der Waals surface area contributed by atoms with E-state index in [2.05, 4.69) is 0 Å². The highest BCUT2D eigenvalue weighted by Crippen LogP contribution is 2.09. The zero-order valence-corrected chi connectivity index (χ0v) is 6.04. The molecule has 0 bridgehead atoms. The zero-order valence-electron chi connectivity index (χ0n) is 6.04. The van der Waals surface area contributed by atoms with Gasteiger partial charge >= 0.3 is 0 Å². The second kappa shape index (κ2) is 2.82. The molecule has 0 saturated carbocycles. The Morgan fingerprint density at radius 1 is 1.20 bits per heavy atom. The summed E-state index contributed by atoms with van der Waals surface area (Å²) in [6.45, 7) is 2.00. The molecule has 0 aliphatic rings. The SMILES string of the molecule is Cc1ccccc1C(N)N. The van der Waals surface area contributed by atoms with E-state index in [4.69, 9.17) is 11.5 Å². The Morgan fingerprint density at radius 3 is 2.20 bits per heavy atom. The summed E-state index contributed by atoms with van der Waals surface area (Å²) >= 11 is 0. The van der Waals surface area contributed by atoms with Gasteiger partial charge in [0.05, 0.1) is 6.17 Å². The molecule has 0 aliphatic carbocycles. The largest absolute Gasteiger partial charge is 0.312 e. The Labute approximate surface area is 60.8 Å². The molecule has 4 N–H and O–H groups in total. The van der Waals surface area contributed by atoms with E-state index in [1.165, 1.54) is 0 Å². The maximum atomic E-state index is 5.49. The fourth-order valence-corrected chi connectivity index (χ4v) is 0.961. The lowest BCUT2D eigenvalue weighted by atomic mass is 10.1. The third-order valence-corrected chi connectivity index (χ3v) is 1.55. The summed E-state index contributed by atoms with van der Waals surface area (Å²) in [5.74, 6) is 0. The van der Waals surface area contributed by atoms with Crippen LogP contribution in [0, 0.1) is 6.92 Å². The summed E-state index contributed by atoms with van der Waals surface area (Å²) in [6.07, 6.45) is -0.346. The maximum Gasteiger partial charge on any atom is 0.0787 e. The topological polar surface area (TPSA) is 52.0 Å². The van der Waals surface area contributed by atoms with Gasteiger partial charge in [-0.2, -0.15) is 0 Å². The predicted octanol–water partition coefficient (Wildman–Crippen LogP) is 0.911. The Hall–Kier alpha value is -0.860. The van der Waals surface area contributed by atoms with Crippen LogP contribution in [0.5, 0.6) is 0 Å². The Kier molecular flexibility index (Phi) is 2.04. The molecule has 54 valence electrons. The number of benzene rings is 1. The molecule has 10 heavy (non-hydrogen) atoms. The van der Waals surface area contributed by atoms with E-state index in [-0.39, 0.29) is 6.17 Å². The van der Waals surface area contributed by atoms with Crippen molar-refractivity contribution in [2.24, 2.45) is 11.5 Å². The first-order valence-corrected chi connectivity index (χ1v) is 3.28. The van der Waals surface area contributed by atoms with Gasteiger partial charge in [-0.1, -0.05) is 24.3 Å². The van der Waals surface area contributed by atoms with Crippen LogP contribution in [-0.2, 0) is 0 Å². The smallest absolute Gasteiger partial charge is 0.0787 e. The van der Waals surface area contributed by atoms with Crippen molar-refractivity contribution in [3.63, 3.8) is 0 Å². The van der Waals surface area contributed by atoms with Gasteiger partial charge in [0.15, 0.2) is 0 Å². The molecule has 0 amide bonds. The van der Waals surface area contributed by atoms with Crippen molar-refractivity contribution < 1.29 is 0 Å². The van der Waals surface area contributed by atoms with Crippen LogP contribution >= 0.6 is 0 Å². The van der Waals surface area contributed by atoms with Gasteiger partial charge in [0.1, 0.15) is 0 Å². The monoisotopic (exact) mass is 136 g/mol. The van der Waals surface area contributed by atoms with Crippen molar-refractivity contribution in [2.75, 3.05) is 0 Å². The molecule has 1 rings (SSSR count). The number of nitrogens with two attached hydrogens (primary N) is 2. The van der Waals surface area contributed by atoms with E-state index >= 15 is 0 Å². The van der Waals surface area contributed by atoms with Crippen molar-refractivity contribution in [3.8, 4) is 0 Å². The minimum absolute atomic E-state index is 0.346. The molecule has 0 aromatic heterocycles. The molecule has 0 aliphatic heterocycles. The number of hydrogen-bond acceptors (Lipinski definition) is 2. The first-order chi connectivity index (χ1) is 4.72. The lowest BCUT2D eigenvalue weighted by Gasteiger charge is -2.07. The van der Waals surface area contributed by atoms with Crippen LogP contribution in [0.3, 0.4) is 0 Å². The second-order valence-electron chi connectivity index (χ2n) is 2.38. The van der Waals surface area contributed by atoms with Gasteiger partial charge in [-0.25, -0.2) is 0 Å². The van der Waals surface area contributed by atoms with E-state index in [0.29, 0.717) is 0 Å². The normalized spacial score (nSPS) is 10.4. The first-order valence-electron chi connectivity index (χ1n) is 3.28. The quantitative estimate of drug-likeness (QED) is 0.564. The van der Waals surface area contributed by atoms with Crippen molar-refractivity contribution in [1.29, 1.82) is 0 Å². The minimum atomic E-state index is -0.346. The molecule has 1 aromatic carbocycles. The van der Waals surface area contributed by atoms with Crippen molar-refractivity contribution >= 4 is 0 Å². The predicted molar refractivity (Wildman–Crippen MR) is 42.3 cm³/mol. The maximum absolute atomic E-state index is 5.49. The van der Waals surface area contributed by atoms with Crippen molar-refractivity contribution in [2.45, 2.75) is 13.1 Å². The van der Waals surface area contributed by atoms with E-state index in [9.17, 15) is 0 Å². The minimum Gasteiger partial charge on any atom is -0.312 e. The van der Waals surface area contributed by atoms with Crippen LogP contribution in [0.2, 0.25) is 0 Å². The van der Waals surface area contributed by atoms with Crippen LogP contribution in [0.15, 0.2) is 24.3 Å². The Bertz CT molecular complexity index is 218. The molecular formula is C8H12N2. The van der Waals surface area contributed by atoms with Crippen LogP contribution in [0.1, 0.15) is 17.3 Å². The highest BCUT2D eigenvalue weighted by molar-refractivity contribution is 5.27. The molecule has 0 spiro atoms. The highest BCUT2D eigenvalue weighted by atomic mass is 14.8. The van der Waals surface area contributed by atoms with Crippen molar-refractivity contribution in [3.05, 3.63) is 35.4 Å². The fraction of sp³-hybridized carbons (Fsp3) is 0.250. The molecule has 0 saturated heterocycles. The summed E-state index contributed by atoms with van der Waals surface area (Å²) in [5.41, 5.74) is 13.2.